The zero-order valence-electron chi connectivity index (χ0n) is 8.60. The summed E-state index contributed by atoms with van der Waals surface area (Å²) in [5, 5.41) is 0. The molecule has 2 heterocycles. The van der Waals surface area contributed by atoms with Gasteiger partial charge in [0.15, 0.2) is 0 Å². The van der Waals surface area contributed by atoms with Crippen LogP contribution in [0.4, 0.5) is 4.79 Å². The maximum absolute atomic E-state index is 11.3. The van der Waals surface area contributed by atoms with Crippen molar-refractivity contribution >= 4 is 6.03 Å². The van der Waals surface area contributed by atoms with Crippen molar-refractivity contribution in [2.24, 2.45) is 5.73 Å². The third kappa shape index (κ3) is 2.09. The summed E-state index contributed by atoms with van der Waals surface area (Å²) in [5.74, 6) is 0. The van der Waals surface area contributed by atoms with Crippen LogP contribution in [-0.2, 0) is 0 Å². The molecule has 80 valence electrons. The van der Waals surface area contributed by atoms with E-state index in [1.54, 1.807) is 11.1 Å². The summed E-state index contributed by atoms with van der Waals surface area (Å²) in [7, 11) is 0. The Balaban J connectivity index is 2.22. The zero-order chi connectivity index (χ0) is 10.7. The fraction of sp³-hybridized carbons (Fsp3) is 0.455. The fourth-order valence-electron chi connectivity index (χ4n) is 2.08. The number of hydrogen-bond acceptors (Lipinski definition) is 2. The minimum Gasteiger partial charge on any atom is -0.351 e. The van der Waals surface area contributed by atoms with Crippen molar-refractivity contribution in [1.82, 2.24) is 9.88 Å². The molecule has 1 aliphatic rings. The molecule has 1 aromatic heterocycles. The van der Waals surface area contributed by atoms with Gasteiger partial charge in [-0.1, -0.05) is 6.07 Å². The van der Waals surface area contributed by atoms with E-state index >= 15 is 0 Å². The van der Waals surface area contributed by atoms with E-state index in [2.05, 4.69) is 4.98 Å². The molecule has 1 atom stereocenters. The normalized spacial score (nSPS) is 21.3. The van der Waals surface area contributed by atoms with Gasteiger partial charge in [-0.2, -0.15) is 0 Å². The number of urea groups is 1. The topological polar surface area (TPSA) is 59.2 Å². The predicted octanol–water partition coefficient (Wildman–Crippen LogP) is 1.69. The van der Waals surface area contributed by atoms with Crippen LogP contribution >= 0.6 is 0 Å². The minimum atomic E-state index is -0.342. The molecule has 2 amide bonds. The van der Waals surface area contributed by atoms with Crippen LogP contribution in [-0.4, -0.2) is 22.5 Å². The van der Waals surface area contributed by atoms with Crippen LogP contribution in [0.1, 0.15) is 31.0 Å². The Morgan fingerprint density at radius 2 is 2.33 bits per heavy atom. The molecule has 0 spiro atoms. The first-order valence-electron chi connectivity index (χ1n) is 5.26. The van der Waals surface area contributed by atoms with E-state index in [1.165, 1.54) is 0 Å². The maximum atomic E-state index is 11.3. The van der Waals surface area contributed by atoms with Gasteiger partial charge in [-0.3, -0.25) is 4.98 Å². The van der Waals surface area contributed by atoms with Gasteiger partial charge >= 0.3 is 6.03 Å². The molecule has 15 heavy (non-hydrogen) atoms. The van der Waals surface area contributed by atoms with Crippen LogP contribution in [0.3, 0.4) is 0 Å². The molecule has 1 aromatic rings. The minimum absolute atomic E-state index is 0.0671. The highest BCUT2D eigenvalue weighted by atomic mass is 16.2. The molecule has 2 rings (SSSR count). The third-order valence-electron chi connectivity index (χ3n) is 2.82. The lowest BCUT2D eigenvalue weighted by molar-refractivity contribution is 0.158. The van der Waals surface area contributed by atoms with Crippen molar-refractivity contribution in [1.29, 1.82) is 0 Å². The van der Waals surface area contributed by atoms with Crippen molar-refractivity contribution in [2.75, 3.05) is 6.54 Å². The molecule has 0 aromatic carbocycles. The Bertz CT molecular complexity index is 339. The number of piperidine rings is 1. The van der Waals surface area contributed by atoms with E-state index in [0.717, 1.165) is 31.5 Å². The van der Waals surface area contributed by atoms with Gasteiger partial charge in [-0.05, 0) is 31.4 Å². The second kappa shape index (κ2) is 4.29. The Morgan fingerprint density at radius 3 is 3.00 bits per heavy atom. The molecule has 2 N–H and O–H groups in total. The largest absolute Gasteiger partial charge is 0.351 e. The van der Waals surface area contributed by atoms with Crippen LogP contribution in [0.5, 0.6) is 0 Å². The Morgan fingerprint density at radius 1 is 1.47 bits per heavy atom. The number of carbonyl (C=O) groups is 1. The van der Waals surface area contributed by atoms with Crippen molar-refractivity contribution in [3.8, 4) is 0 Å². The lowest BCUT2D eigenvalue weighted by atomic mass is 9.99. The Labute approximate surface area is 89.1 Å². The van der Waals surface area contributed by atoms with Crippen LogP contribution < -0.4 is 5.73 Å². The van der Waals surface area contributed by atoms with Crippen LogP contribution in [0.15, 0.2) is 24.4 Å². The van der Waals surface area contributed by atoms with E-state index in [0.29, 0.717) is 0 Å². The number of rotatable bonds is 1. The van der Waals surface area contributed by atoms with Gasteiger partial charge in [0.05, 0.1) is 11.7 Å². The first-order chi connectivity index (χ1) is 7.29. The van der Waals surface area contributed by atoms with Crippen LogP contribution in [0.2, 0.25) is 0 Å². The van der Waals surface area contributed by atoms with E-state index < -0.39 is 0 Å². The van der Waals surface area contributed by atoms with Crippen molar-refractivity contribution in [2.45, 2.75) is 25.3 Å². The second-order valence-electron chi connectivity index (χ2n) is 3.80. The average Bonchev–Trinajstić information content (AvgIpc) is 2.30. The highest BCUT2D eigenvalue weighted by molar-refractivity contribution is 5.72. The van der Waals surface area contributed by atoms with E-state index in [9.17, 15) is 4.79 Å². The van der Waals surface area contributed by atoms with Gasteiger partial charge in [0, 0.05) is 12.7 Å². The Kier molecular flexibility index (Phi) is 2.85. The smallest absolute Gasteiger partial charge is 0.315 e. The maximum Gasteiger partial charge on any atom is 0.315 e. The van der Waals surface area contributed by atoms with Gasteiger partial charge in [-0.15, -0.1) is 0 Å². The van der Waals surface area contributed by atoms with E-state index in [4.69, 9.17) is 5.73 Å². The molecular weight excluding hydrogens is 190 g/mol. The zero-order valence-corrected chi connectivity index (χ0v) is 8.60. The first-order valence-corrected chi connectivity index (χ1v) is 5.26. The molecule has 1 aliphatic heterocycles. The lowest BCUT2D eigenvalue weighted by Gasteiger charge is -2.33. The van der Waals surface area contributed by atoms with Gasteiger partial charge in [0.1, 0.15) is 0 Å². The molecular formula is C11H15N3O. The molecule has 0 bridgehead atoms. The SMILES string of the molecule is NC(=O)N1CCCCC1c1ccccn1. The number of primary amides is 1. The molecule has 0 aliphatic carbocycles. The monoisotopic (exact) mass is 205 g/mol. The van der Waals surface area contributed by atoms with Crippen LogP contribution in [0.25, 0.3) is 0 Å². The second-order valence-corrected chi connectivity index (χ2v) is 3.80. The quantitative estimate of drug-likeness (QED) is 0.758. The van der Waals surface area contributed by atoms with Gasteiger partial charge < -0.3 is 10.6 Å². The summed E-state index contributed by atoms with van der Waals surface area (Å²) < 4.78 is 0. The summed E-state index contributed by atoms with van der Waals surface area (Å²) in [6.45, 7) is 0.747. The number of nitrogens with two attached hydrogens (primary N) is 1. The average molecular weight is 205 g/mol. The number of pyridine rings is 1. The van der Waals surface area contributed by atoms with Crippen molar-refractivity contribution in [3.05, 3.63) is 30.1 Å². The molecule has 1 unspecified atom stereocenters. The van der Waals surface area contributed by atoms with Gasteiger partial charge in [-0.25, -0.2) is 4.79 Å². The predicted molar refractivity (Wildman–Crippen MR) is 57.1 cm³/mol. The summed E-state index contributed by atoms with van der Waals surface area (Å²) in [4.78, 5) is 17.3. The number of amides is 2. The number of aromatic nitrogens is 1. The third-order valence-corrected chi connectivity index (χ3v) is 2.82. The summed E-state index contributed by atoms with van der Waals surface area (Å²) in [6.07, 6.45) is 4.88. The standard InChI is InChI=1S/C11H15N3O/c12-11(15)14-8-4-2-6-10(14)9-5-1-3-7-13-9/h1,3,5,7,10H,2,4,6,8H2,(H2,12,15). The summed E-state index contributed by atoms with van der Waals surface area (Å²) >= 11 is 0. The van der Waals surface area contributed by atoms with Crippen molar-refractivity contribution < 1.29 is 4.79 Å². The number of carbonyl (C=O) groups excluding carboxylic acids is 1. The van der Waals surface area contributed by atoms with Crippen molar-refractivity contribution in [3.63, 3.8) is 0 Å². The highest BCUT2D eigenvalue weighted by Crippen LogP contribution is 2.28. The summed E-state index contributed by atoms with van der Waals surface area (Å²) in [6, 6.07) is 5.49. The molecule has 0 saturated carbocycles. The lowest BCUT2D eigenvalue weighted by Crippen LogP contribution is -2.42. The fourth-order valence-corrected chi connectivity index (χ4v) is 2.08. The first kappa shape index (κ1) is 9.96. The number of likely N-dealkylation sites (tertiary alicyclic amines) is 1. The Hall–Kier alpha value is -1.58. The number of hydrogen-bond donors (Lipinski definition) is 1. The number of nitrogens with zero attached hydrogens (tertiary/aromatic N) is 2. The summed E-state index contributed by atoms with van der Waals surface area (Å²) in [5.41, 5.74) is 6.29. The molecule has 4 heteroatoms. The molecule has 0 radical (unpaired) electrons. The highest BCUT2D eigenvalue weighted by Gasteiger charge is 2.26. The van der Waals surface area contributed by atoms with E-state index in [-0.39, 0.29) is 12.1 Å². The van der Waals surface area contributed by atoms with Gasteiger partial charge in [0.2, 0.25) is 0 Å². The molecule has 1 fully saturated rings. The van der Waals surface area contributed by atoms with Crippen LogP contribution in [0, 0.1) is 0 Å². The molecule has 4 nitrogen and oxygen atoms in total. The van der Waals surface area contributed by atoms with Gasteiger partial charge in [0.25, 0.3) is 0 Å². The molecule has 1 saturated heterocycles. The van der Waals surface area contributed by atoms with E-state index in [1.807, 2.05) is 18.2 Å².